The number of hydrogen-bond acceptors (Lipinski definition) is 2. The van der Waals surface area contributed by atoms with Crippen LogP contribution >= 0.6 is 11.6 Å². The Balaban J connectivity index is 1.76. The number of anilines is 1. The van der Waals surface area contributed by atoms with Gasteiger partial charge >= 0.3 is 0 Å². The van der Waals surface area contributed by atoms with Crippen molar-refractivity contribution in [2.24, 2.45) is 0 Å². The normalized spacial score (nSPS) is 17.1. The molecule has 1 fully saturated rings. The lowest BCUT2D eigenvalue weighted by Gasteiger charge is -2.24. The lowest BCUT2D eigenvalue weighted by Crippen LogP contribution is -2.43. The lowest BCUT2D eigenvalue weighted by molar-refractivity contribution is -0.119. The van der Waals surface area contributed by atoms with Gasteiger partial charge < -0.3 is 10.2 Å². The molecular formula is C18H17ClN2O2. The summed E-state index contributed by atoms with van der Waals surface area (Å²) in [4.78, 5) is 26.8. The molecule has 0 bridgehead atoms. The molecular weight excluding hydrogens is 312 g/mol. The Morgan fingerprint density at radius 1 is 1.04 bits per heavy atom. The van der Waals surface area contributed by atoms with Crippen LogP contribution < -0.4 is 5.32 Å². The smallest absolute Gasteiger partial charge is 0.256 e. The molecule has 1 heterocycles. The zero-order valence-electron chi connectivity index (χ0n) is 12.5. The number of carbonyl (C=O) groups is 2. The van der Waals surface area contributed by atoms with Gasteiger partial charge in [-0.2, -0.15) is 0 Å². The van der Waals surface area contributed by atoms with E-state index in [9.17, 15) is 9.59 Å². The van der Waals surface area contributed by atoms with Gasteiger partial charge in [0.25, 0.3) is 5.91 Å². The average Bonchev–Trinajstić information content (AvgIpc) is 3.05. The maximum atomic E-state index is 12.7. The summed E-state index contributed by atoms with van der Waals surface area (Å²) in [5.74, 6) is -0.351. The van der Waals surface area contributed by atoms with Gasteiger partial charge in [-0.15, -0.1) is 0 Å². The molecule has 5 heteroatoms. The summed E-state index contributed by atoms with van der Waals surface area (Å²) in [7, 11) is 0. The Kier molecular flexibility index (Phi) is 4.63. The molecule has 0 spiro atoms. The fourth-order valence-corrected chi connectivity index (χ4v) is 3.04. The first-order valence-electron chi connectivity index (χ1n) is 7.58. The highest BCUT2D eigenvalue weighted by molar-refractivity contribution is 6.33. The molecule has 0 unspecified atom stereocenters. The molecule has 23 heavy (non-hydrogen) atoms. The summed E-state index contributed by atoms with van der Waals surface area (Å²) in [5.41, 5.74) is 1.17. The molecule has 0 aromatic heterocycles. The average molecular weight is 329 g/mol. The van der Waals surface area contributed by atoms with Crippen molar-refractivity contribution < 1.29 is 9.59 Å². The van der Waals surface area contributed by atoms with Crippen LogP contribution in [0.25, 0.3) is 0 Å². The molecule has 1 atom stereocenters. The largest absolute Gasteiger partial charge is 0.327 e. The zero-order chi connectivity index (χ0) is 16.2. The Bertz CT molecular complexity index is 718. The van der Waals surface area contributed by atoms with Crippen molar-refractivity contribution in [3.05, 3.63) is 65.2 Å². The molecule has 1 aliphatic heterocycles. The number of likely N-dealkylation sites (tertiary alicyclic amines) is 1. The summed E-state index contributed by atoms with van der Waals surface area (Å²) in [6.07, 6.45) is 1.47. The lowest BCUT2D eigenvalue weighted by atomic mass is 10.1. The first-order valence-corrected chi connectivity index (χ1v) is 7.96. The van der Waals surface area contributed by atoms with E-state index in [1.165, 1.54) is 0 Å². The Hall–Kier alpha value is -2.33. The van der Waals surface area contributed by atoms with Crippen LogP contribution in [0.15, 0.2) is 54.6 Å². The number of benzene rings is 2. The Morgan fingerprint density at radius 2 is 1.74 bits per heavy atom. The second-order valence-electron chi connectivity index (χ2n) is 5.49. The van der Waals surface area contributed by atoms with Crippen LogP contribution in [-0.2, 0) is 4.79 Å². The van der Waals surface area contributed by atoms with Crippen LogP contribution in [0.1, 0.15) is 23.2 Å². The third-order valence-corrected chi connectivity index (χ3v) is 4.29. The van der Waals surface area contributed by atoms with E-state index in [2.05, 4.69) is 5.32 Å². The van der Waals surface area contributed by atoms with Crippen molar-refractivity contribution in [3.63, 3.8) is 0 Å². The van der Waals surface area contributed by atoms with E-state index < -0.39 is 6.04 Å². The van der Waals surface area contributed by atoms with Gasteiger partial charge in [0.1, 0.15) is 6.04 Å². The second-order valence-corrected chi connectivity index (χ2v) is 5.90. The van der Waals surface area contributed by atoms with Crippen LogP contribution in [0.4, 0.5) is 5.69 Å². The molecule has 4 nitrogen and oxygen atoms in total. The number of nitrogens with one attached hydrogen (secondary N) is 1. The molecule has 1 saturated heterocycles. The number of amides is 2. The highest BCUT2D eigenvalue weighted by Crippen LogP contribution is 2.24. The van der Waals surface area contributed by atoms with Gasteiger partial charge in [-0.05, 0) is 37.1 Å². The number of para-hydroxylation sites is 1. The van der Waals surface area contributed by atoms with E-state index in [0.717, 1.165) is 12.1 Å². The van der Waals surface area contributed by atoms with Crippen LogP contribution in [0, 0.1) is 0 Å². The van der Waals surface area contributed by atoms with Gasteiger partial charge in [0.2, 0.25) is 5.91 Å². The van der Waals surface area contributed by atoms with Crippen LogP contribution in [0.3, 0.4) is 0 Å². The van der Waals surface area contributed by atoms with Crippen molar-refractivity contribution in [3.8, 4) is 0 Å². The van der Waals surface area contributed by atoms with Crippen LogP contribution in [0.5, 0.6) is 0 Å². The zero-order valence-corrected chi connectivity index (χ0v) is 13.3. The minimum atomic E-state index is -0.459. The van der Waals surface area contributed by atoms with Crippen molar-refractivity contribution in [2.45, 2.75) is 18.9 Å². The monoisotopic (exact) mass is 328 g/mol. The first kappa shape index (κ1) is 15.6. The molecule has 3 rings (SSSR count). The summed E-state index contributed by atoms with van der Waals surface area (Å²) in [6, 6.07) is 15.7. The molecule has 0 radical (unpaired) electrons. The first-order chi connectivity index (χ1) is 11.2. The predicted octanol–water partition coefficient (Wildman–Crippen LogP) is 3.58. The summed E-state index contributed by atoms with van der Waals surface area (Å²) in [5, 5.41) is 3.28. The van der Waals surface area contributed by atoms with Gasteiger partial charge in [-0.3, -0.25) is 9.59 Å². The van der Waals surface area contributed by atoms with Crippen molar-refractivity contribution >= 4 is 29.1 Å². The van der Waals surface area contributed by atoms with Gasteiger partial charge in [-0.25, -0.2) is 0 Å². The molecule has 2 aromatic rings. The molecule has 2 aromatic carbocycles. The number of rotatable bonds is 3. The molecule has 1 N–H and O–H groups in total. The SMILES string of the molecule is O=C(Nc1ccccc1)[C@H]1CCCN1C(=O)c1ccccc1Cl. The topological polar surface area (TPSA) is 49.4 Å². The van der Waals surface area contributed by atoms with Crippen LogP contribution in [-0.4, -0.2) is 29.3 Å². The molecule has 2 amide bonds. The molecule has 1 aliphatic rings. The van der Waals surface area contributed by atoms with Crippen LogP contribution in [0.2, 0.25) is 5.02 Å². The van der Waals surface area contributed by atoms with E-state index in [1.54, 1.807) is 29.2 Å². The fraction of sp³-hybridized carbons (Fsp3) is 0.222. The Morgan fingerprint density at radius 3 is 2.48 bits per heavy atom. The van der Waals surface area contributed by atoms with E-state index in [-0.39, 0.29) is 11.8 Å². The summed E-state index contributed by atoms with van der Waals surface area (Å²) >= 11 is 6.11. The minimum absolute atomic E-state index is 0.158. The maximum Gasteiger partial charge on any atom is 0.256 e. The van der Waals surface area contributed by atoms with Crippen molar-refractivity contribution in [2.75, 3.05) is 11.9 Å². The fourth-order valence-electron chi connectivity index (χ4n) is 2.82. The quantitative estimate of drug-likeness (QED) is 0.936. The molecule has 118 valence electrons. The van der Waals surface area contributed by atoms with Gasteiger partial charge in [0, 0.05) is 12.2 Å². The van der Waals surface area contributed by atoms with Gasteiger partial charge in [0.15, 0.2) is 0 Å². The summed E-state index contributed by atoms with van der Waals surface area (Å²) in [6.45, 7) is 0.566. The second kappa shape index (κ2) is 6.84. The van der Waals surface area contributed by atoms with Crippen molar-refractivity contribution in [1.82, 2.24) is 4.90 Å². The minimum Gasteiger partial charge on any atom is -0.327 e. The third-order valence-electron chi connectivity index (χ3n) is 3.96. The summed E-state index contributed by atoms with van der Waals surface area (Å²) < 4.78 is 0. The molecule has 0 aliphatic carbocycles. The molecule has 0 saturated carbocycles. The van der Waals surface area contributed by atoms with E-state index >= 15 is 0 Å². The number of hydrogen-bond donors (Lipinski definition) is 1. The number of carbonyl (C=O) groups excluding carboxylic acids is 2. The van der Waals surface area contributed by atoms with E-state index in [4.69, 9.17) is 11.6 Å². The third kappa shape index (κ3) is 3.37. The van der Waals surface area contributed by atoms with Gasteiger partial charge in [-0.1, -0.05) is 41.9 Å². The highest BCUT2D eigenvalue weighted by Gasteiger charge is 2.35. The van der Waals surface area contributed by atoms with E-state index in [1.807, 2.05) is 30.3 Å². The standard InChI is InChI=1S/C18H17ClN2O2/c19-15-10-5-4-9-14(15)18(23)21-12-6-11-16(21)17(22)20-13-7-2-1-3-8-13/h1-5,7-10,16H,6,11-12H2,(H,20,22)/t16-/m1/s1. The van der Waals surface area contributed by atoms with E-state index in [0.29, 0.717) is 23.6 Å². The Labute approximate surface area is 140 Å². The predicted molar refractivity (Wildman–Crippen MR) is 90.6 cm³/mol. The maximum absolute atomic E-state index is 12.7. The van der Waals surface area contributed by atoms with Gasteiger partial charge in [0.05, 0.1) is 10.6 Å². The highest BCUT2D eigenvalue weighted by atomic mass is 35.5. The number of nitrogens with zero attached hydrogens (tertiary/aromatic N) is 1. The van der Waals surface area contributed by atoms with Crippen molar-refractivity contribution in [1.29, 1.82) is 0 Å². The number of halogens is 1.